The van der Waals surface area contributed by atoms with Gasteiger partial charge in [0.25, 0.3) is 10.0 Å². The summed E-state index contributed by atoms with van der Waals surface area (Å²) in [5, 5.41) is 14.6. The average Bonchev–Trinajstić information content (AvgIpc) is 3.73. The lowest BCUT2D eigenvalue weighted by Gasteiger charge is -2.44. The fourth-order valence-corrected chi connectivity index (χ4v) is 14.3. The number of imidazole rings is 1. The van der Waals surface area contributed by atoms with Crippen molar-refractivity contribution in [3.63, 3.8) is 0 Å². The molecule has 5 aromatic heterocycles. The molecule has 5 atom stereocenters. The van der Waals surface area contributed by atoms with E-state index in [1.54, 1.807) is 58.8 Å². The zero-order chi connectivity index (χ0) is 46.8. The molecule has 2 bridgehead atoms. The summed E-state index contributed by atoms with van der Waals surface area (Å²) in [4.78, 5) is 30.2. The van der Waals surface area contributed by atoms with Crippen LogP contribution in [0.15, 0.2) is 86.3 Å². The van der Waals surface area contributed by atoms with E-state index in [9.17, 15) is 9.59 Å². The van der Waals surface area contributed by atoms with Crippen LogP contribution < -0.4 is 11.4 Å². The van der Waals surface area contributed by atoms with Crippen LogP contribution in [0.1, 0.15) is 104 Å². The number of hydrogen-bond donors (Lipinski definition) is 1. The number of hydrogen-bond acceptors (Lipinski definition) is 9. The van der Waals surface area contributed by atoms with Gasteiger partial charge >= 0.3 is 11.4 Å². The lowest BCUT2D eigenvalue weighted by atomic mass is 9.85. The summed E-state index contributed by atoms with van der Waals surface area (Å²) in [6.07, 6.45) is 10.7. The molecule has 68 heavy (non-hydrogen) atoms. The maximum atomic E-state index is 16.3. The fourth-order valence-electron chi connectivity index (χ4n) is 12.2. The molecule has 5 aliphatic rings. The molecule has 0 radical (unpaired) electrons. The third-order valence-corrected chi connectivity index (χ3v) is 17.8. The van der Waals surface area contributed by atoms with Crippen LogP contribution in [-0.2, 0) is 33.8 Å². The third kappa shape index (κ3) is 5.87. The van der Waals surface area contributed by atoms with Gasteiger partial charge in [0, 0.05) is 49.5 Å². The van der Waals surface area contributed by atoms with Gasteiger partial charge in [-0.05, 0) is 136 Å². The first-order chi connectivity index (χ1) is 32.7. The molecule has 1 spiro atoms. The van der Waals surface area contributed by atoms with Crippen molar-refractivity contribution in [2.24, 2.45) is 13.0 Å². The number of halogens is 2. The lowest BCUT2D eigenvalue weighted by Crippen LogP contribution is -2.50. The highest BCUT2D eigenvalue weighted by atomic mass is 32.2. The van der Waals surface area contributed by atoms with Crippen molar-refractivity contribution in [2.75, 3.05) is 6.61 Å². The molecule has 2 saturated heterocycles. The summed E-state index contributed by atoms with van der Waals surface area (Å²) in [5.74, 6) is -1.04. The monoisotopic (exact) mass is 942 g/mol. The summed E-state index contributed by atoms with van der Waals surface area (Å²) >= 11 is 0. The van der Waals surface area contributed by atoms with Gasteiger partial charge in [0.1, 0.15) is 17.2 Å². The molecule has 0 amide bonds. The highest BCUT2D eigenvalue weighted by Gasteiger charge is 2.60. The SMILES string of the molecule is Cc1cc(-n2nc3c(c2-n2ccn(-c4ccc5c(cnn5C)c4F)c2=O)[C@@H]2CCC[C@H](C3)N2S(=O)(=O)c2cc3cc([C@H]4CCOC5(CC5)C4)ccc3n2[C@]2(c3noc(=O)[nH]3)C[C@@H]2C)cc(C)c1F. The van der Waals surface area contributed by atoms with Gasteiger partial charge < -0.3 is 9.30 Å². The molecule has 1 N–H and O–H groups in total. The van der Waals surface area contributed by atoms with Crippen LogP contribution in [0.3, 0.4) is 0 Å². The summed E-state index contributed by atoms with van der Waals surface area (Å²) in [6, 6.07) is 13.2. The largest absolute Gasteiger partial charge is 0.438 e. The molecule has 2 aliphatic carbocycles. The molecule has 350 valence electrons. The maximum Gasteiger partial charge on any atom is 0.438 e. The van der Waals surface area contributed by atoms with Gasteiger partial charge in [-0.15, -0.1) is 0 Å². The Labute approximate surface area is 387 Å². The Hall–Kier alpha value is -6.44. The molecule has 13 rings (SSSR count). The molecule has 19 heteroatoms. The second kappa shape index (κ2) is 14.3. The molecule has 16 nitrogen and oxygen atoms in total. The summed E-state index contributed by atoms with van der Waals surface area (Å²) in [5.41, 5.74) is 3.08. The second-order valence-electron chi connectivity index (χ2n) is 19.9. The number of aromatic amines is 1. The quantitative estimate of drug-likeness (QED) is 0.164. The van der Waals surface area contributed by atoms with E-state index in [2.05, 4.69) is 27.4 Å². The molecule has 2 saturated carbocycles. The summed E-state index contributed by atoms with van der Waals surface area (Å²) in [7, 11) is -2.72. The second-order valence-corrected chi connectivity index (χ2v) is 21.7. The van der Waals surface area contributed by atoms with Gasteiger partial charge in [-0.3, -0.25) is 23.3 Å². The number of piperidine rings is 1. The Bertz CT molecular complexity index is 3660. The van der Waals surface area contributed by atoms with Crippen LogP contribution in [0.2, 0.25) is 0 Å². The van der Waals surface area contributed by atoms with Crippen LogP contribution in [0.4, 0.5) is 8.78 Å². The van der Waals surface area contributed by atoms with Crippen molar-refractivity contribution in [2.45, 2.75) is 113 Å². The van der Waals surface area contributed by atoms with E-state index in [1.165, 1.54) is 33.8 Å². The highest BCUT2D eigenvalue weighted by molar-refractivity contribution is 7.89. The Morgan fingerprint density at radius 1 is 0.912 bits per heavy atom. The van der Waals surface area contributed by atoms with Crippen LogP contribution in [0.25, 0.3) is 39.0 Å². The Morgan fingerprint density at radius 2 is 1.68 bits per heavy atom. The first-order valence-electron chi connectivity index (χ1n) is 23.4. The van der Waals surface area contributed by atoms with E-state index in [0.29, 0.717) is 71.4 Å². The number of fused-ring (bicyclic) bond motifs is 6. The average molecular weight is 943 g/mol. The number of benzene rings is 3. The van der Waals surface area contributed by atoms with Crippen molar-refractivity contribution >= 4 is 31.8 Å². The van der Waals surface area contributed by atoms with Gasteiger partial charge in [0.2, 0.25) is 0 Å². The molecule has 8 heterocycles. The van der Waals surface area contributed by atoms with Crippen molar-refractivity contribution in [1.29, 1.82) is 0 Å². The number of nitrogens with one attached hydrogen (secondary N) is 1. The number of H-pyrrole nitrogens is 1. The van der Waals surface area contributed by atoms with Crippen LogP contribution in [0, 0.1) is 31.4 Å². The first-order valence-corrected chi connectivity index (χ1v) is 24.8. The minimum Gasteiger partial charge on any atom is -0.375 e. The fraction of sp³-hybridized carbons (Fsp3) is 0.408. The first kappa shape index (κ1) is 41.7. The van der Waals surface area contributed by atoms with E-state index in [-0.39, 0.29) is 57.4 Å². The Morgan fingerprint density at radius 3 is 2.41 bits per heavy atom. The van der Waals surface area contributed by atoms with Gasteiger partial charge in [-0.25, -0.2) is 31.5 Å². The predicted molar refractivity (Wildman–Crippen MR) is 245 cm³/mol. The summed E-state index contributed by atoms with van der Waals surface area (Å²) in [6.45, 7) is 6.00. The van der Waals surface area contributed by atoms with Gasteiger partial charge in [-0.2, -0.15) is 14.5 Å². The zero-order valence-electron chi connectivity index (χ0n) is 37.9. The third-order valence-electron chi connectivity index (χ3n) is 15.8. The summed E-state index contributed by atoms with van der Waals surface area (Å²) < 4.78 is 84.2. The van der Waals surface area contributed by atoms with E-state index in [1.807, 2.05) is 17.6 Å². The van der Waals surface area contributed by atoms with Crippen LogP contribution >= 0.6 is 0 Å². The molecular weight excluding hydrogens is 895 g/mol. The van der Waals surface area contributed by atoms with Crippen molar-refractivity contribution in [3.8, 4) is 17.2 Å². The van der Waals surface area contributed by atoms with Crippen molar-refractivity contribution in [1.82, 2.24) is 47.7 Å². The van der Waals surface area contributed by atoms with E-state index < -0.39 is 44.9 Å². The number of ether oxygens (including phenoxy) is 1. The minimum absolute atomic E-state index is 0.0149. The van der Waals surface area contributed by atoms with E-state index >= 15 is 17.2 Å². The van der Waals surface area contributed by atoms with Gasteiger partial charge in [0.05, 0.1) is 51.3 Å². The molecule has 3 aromatic carbocycles. The predicted octanol–water partition coefficient (Wildman–Crippen LogP) is 7.28. The zero-order valence-corrected chi connectivity index (χ0v) is 38.7. The molecular formula is C49H48F2N10O6S. The van der Waals surface area contributed by atoms with Crippen LogP contribution in [-0.4, -0.2) is 74.4 Å². The number of aromatic nitrogens is 9. The van der Waals surface area contributed by atoms with Crippen LogP contribution in [0.5, 0.6) is 0 Å². The molecule has 3 aliphatic heterocycles. The van der Waals surface area contributed by atoms with Crippen molar-refractivity contribution in [3.05, 3.63) is 134 Å². The molecule has 0 unspecified atom stereocenters. The van der Waals surface area contributed by atoms with Gasteiger partial charge in [0.15, 0.2) is 16.7 Å². The highest BCUT2D eigenvalue weighted by Crippen LogP contribution is 2.58. The molecule has 4 fully saturated rings. The minimum atomic E-state index is -4.43. The number of sulfonamides is 1. The lowest BCUT2D eigenvalue weighted by molar-refractivity contribution is -0.0132. The molecule has 8 aromatic rings. The Kier molecular flexibility index (Phi) is 8.78. The smallest absolute Gasteiger partial charge is 0.375 e. The number of rotatable bonds is 8. The number of nitrogens with zero attached hydrogens (tertiary/aromatic N) is 9. The maximum absolute atomic E-state index is 16.3. The van der Waals surface area contributed by atoms with E-state index in [4.69, 9.17) is 14.4 Å². The normalized spacial score (nSPS) is 24.3. The Balaban J connectivity index is 0.997. The standard InChI is InChI=1S/C49H48F2N10O6S/c1-26-18-33(19-27(2)42(26)50)60-44(58-16-15-57(47(58)63)39-11-10-37-34(43(39)51)25-52-56(37)4)41-35(54-60)22-32-6-5-7-38(41)61(32)68(64,65)40-21-31-20-29(30-12-17-66-48(24-30)13-14-48)8-9-36(31)59(40)49(23-28(49)3)45-53-46(62)67-55-45/h8-11,15-16,18-21,25,28,30,32,38H,5-7,12-14,17,22-24H2,1-4H3,(H,53,55,62)/t28-,30-,32+,38-,49+/m0/s1. The van der Waals surface area contributed by atoms with E-state index in [0.717, 1.165) is 36.6 Å². The number of aryl methyl sites for hydroxylation is 3. The van der Waals surface area contributed by atoms with Crippen molar-refractivity contribution < 1.29 is 26.5 Å². The topological polar surface area (TPSA) is 173 Å². The van der Waals surface area contributed by atoms with Gasteiger partial charge in [-0.1, -0.05) is 18.1 Å².